The molecule has 16 heteroatoms. The number of hydrogen-bond donors (Lipinski definition) is 3. The highest BCUT2D eigenvalue weighted by molar-refractivity contribution is 7.89. The molecule has 2 aromatic rings. The van der Waals surface area contributed by atoms with E-state index >= 15 is 0 Å². The first-order valence-corrected chi connectivity index (χ1v) is 18.7. The minimum Gasteiger partial charge on any atom is -0.454 e. The van der Waals surface area contributed by atoms with Gasteiger partial charge in [0, 0.05) is 25.7 Å². The summed E-state index contributed by atoms with van der Waals surface area (Å²) in [4.78, 5) is 12.9. The van der Waals surface area contributed by atoms with Crippen LogP contribution in [0.4, 0.5) is 4.79 Å². The average Bonchev–Trinajstić information content (AvgIpc) is 3.49. The molecule has 0 bridgehead atoms. The Morgan fingerprint density at radius 3 is 2.43 bits per heavy atom. The molecule has 14 nitrogen and oxygen atoms in total. The van der Waals surface area contributed by atoms with Gasteiger partial charge in [-0.15, -0.1) is 0 Å². The number of amides is 1. The van der Waals surface area contributed by atoms with Gasteiger partial charge in [0.25, 0.3) is 0 Å². The van der Waals surface area contributed by atoms with Gasteiger partial charge in [0.2, 0.25) is 26.8 Å². The summed E-state index contributed by atoms with van der Waals surface area (Å²) in [6.07, 6.45) is 0.297. The number of carbonyl (C=O) groups is 1. The van der Waals surface area contributed by atoms with E-state index in [1.165, 1.54) is 22.5 Å². The Balaban J connectivity index is 1.55. The molecule has 2 aliphatic rings. The third kappa shape index (κ3) is 11.6. The van der Waals surface area contributed by atoms with Gasteiger partial charge in [-0.25, -0.2) is 26.4 Å². The summed E-state index contributed by atoms with van der Waals surface area (Å²) in [5, 5.41) is 14.4. The smallest absolute Gasteiger partial charge is 0.407 e. The highest BCUT2D eigenvalue weighted by Crippen LogP contribution is 2.36. The first kappa shape index (κ1) is 36.8. The maximum atomic E-state index is 14.2. The van der Waals surface area contributed by atoms with Crippen molar-refractivity contribution in [2.45, 2.75) is 62.7 Å². The Morgan fingerprint density at radius 1 is 1.02 bits per heavy atom. The average molecular weight is 700 g/mol. The maximum absolute atomic E-state index is 14.2. The van der Waals surface area contributed by atoms with Crippen LogP contribution < -0.4 is 19.5 Å². The van der Waals surface area contributed by atoms with Crippen LogP contribution in [-0.4, -0.2) is 103 Å². The van der Waals surface area contributed by atoms with E-state index in [9.17, 15) is 26.7 Å². The monoisotopic (exact) mass is 699 g/mol. The van der Waals surface area contributed by atoms with Gasteiger partial charge in [-0.05, 0) is 42.4 Å². The molecule has 0 saturated carbocycles. The van der Waals surface area contributed by atoms with Crippen LogP contribution in [0.3, 0.4) is 0 Å². The van der Waals surface area contributed by atoms with E-state index in [1.807, 2.05) is 44.2 Å². The molecule has 0 radical (unpaired) electrons. The van der Waals surface area contributed by atoms with Crippen molar-refractivity contribution in [3.05, 3.63) is 54.1 Å². The molecule has 2 heterocycles. The van der Waals surface area contributed by atoms with Crippen LogP contribution in [0.25, 0.3) is 0 Å². The van der Waals surface area contributed by atoms with E-state index in [-0.39, 0.29) is 57.8 Å². The van der Waals surface area contributed by atoms with Crippen LogP contribution in [0, 0.1) is 5.41 Å². The lowest BCUT2D eigenvalue weighted by atomic mass is 9.87. The second kappa shape index (κ2) is 16.4. The molecule has 0 unspecified atom stereocenters. The van der Waals surface area contributed by atoms with Gasteiger partial charge in [0.05, 0.1) is 36.5 Å². The number of alkyl carbamates (subject to hydrolysis) is 1. The molecule has 0 aliphatic carbocycles. The van der Waals surface area contributed by atoms with Gasteiger partial charge in [-0.1, -0.05) is 50.6 Å². The number of aliphatic hydroxyl groups excluding tert-OH is 1. The zero-order valence-electron chi connectivity index (χ0n) is 26.9. The normalized spacial score (nSPS) is 17.0. The number of rotatable bonds is 17. The molecule has 3 N–H and O–H groups in total. The van der Waals surface area contributed by atoms with Crippen LogP contribution in [-0.2, 0) is 40.7 Å². The Bertz CT molecular complexity index is 1530. The van der Waals surface area contributed by atoms with Crippen molar-refractivity contribution >= 4 is 26.1 Å². The van der Waals surface area contributed by atoms with E-state index < -0.39 is 49.8 Å². The number of benzene rings is 2. The van der Waals surface area contributed by atoms with Crippen LogP contribution in [0.15, 0.2) is 53.4 Å². The molecule has 1 amide bonds. The number of ether oxygens (including phenoxy) is 5. The Kier molecular flexibility index (Phi) is 12.9. The summed E-state index contributed by atoms with van der Waals surface area (Å²) in [5.41, 5.74) is 0.241. The molecule has 47 heavy (non-hydrogen) atoms. The zero-order valence-corrected chi connectivity index (χ0v) is 28.6. The highest BCUT2D eigenvalue weighted by Gasteiger charge is 2.36. The molecule has 262 valence electrons. The molecule has 2 atom stereocenters. The van der Waals surface area contributed by atoms with Crippen LogP contribution in [0.5, 0.6) is 11.5 Å². The van der Waals surface area contributed by atoms with Crippen molar-refractivity contribution in [2.24, 2.45) is 5.41 Å². The molecular weight excluding hydrogens is 654 g/mol. The molecular formula is C31H45N3O11S2. The van der Waals surface area contributed by atoms with Crippen molar-refractivity contribution in [2.75, 3.05) is 52.7 Å². The SMILES string of the molecule is CC(C)(CCCCNS(C)(=O)=O)CN(C[C@@H](O)[C@H](Cc1ccccc1)NC(=O)OC1COCOC1)S(=O)(=O)c1ccc2c(c1)OCO2. The zero-order chi connectivity index (χ0) is 34.1. The number of nitrogens with zero attached hydrogens (tertiary/aromatic N) is 1. The first-order valence-electron chi connectivity index (χ1n) is 15.4. The fourth-order valence-corrected chi connectivity index (χ4v) is 7.51. The summed E-state index contributed by atoms with van der Waals surface area (Å²) >= 11 is 0. The van der Waals surface area contributed by atoms with Gasteiger partial charge in [-0.2, -0.15) is 4.31 Å². The third-order valence-electron chi connectivity index (χ3n) is 7.74. The number of hydrogen-bond acceptors (Lipinski definition) is 11. The lowest BCUT2D eigenvalue weighted by Crippen LogP contribution is -2.52. The van der Waals surface area contributed by atoms with Crippen LogP contribution in [0.2, 0.25) is 0 Å². The second-order valence-corrected chi connectivity index (χ2v) is 16.3. The predicted octanol–water partition coefficient (Wildman–Crippen LogP) is 2.22. The van der Waals surface area contributed by atoms with Gasteiger partial charge in [0.1, 0.15) is 6.79 Å². The highest BCUT2D eigenvalue weighted by atomic mass is 32.2. The summed E-state index contributed by atoms with van der Waals surface area (Å²) < 4.78 is 81.6. The number of nitrogens with one attached hydrogen (secondary N) is 2. The van der Waals surface area contributed by atoms with Crippen molar-refractivity contribution in [3.8, 4) is 11.5 Å². The molecule has 4 rings (SSSR count). The van der Waals surface area contributed by atoms with Crippen molar-refractivity contribution in [3.63, 3.8) is 0 Å². The lowest BCUT2D eigenvalue weighted by molar-refractivity contribution is -0.151. The first-order chi connectivity index (χ1) is 22.2. The summed E-state index contributed by atoms with van der Waals surface area (Å²) in [6.45, 7) is 4.20. The summed E-state index contributed by atoms with van der Waals surface area (Å²) in [7, 11) is -7.50. The van der Waals surface area contributed by atoms with E-state index in [1.54, 1.807) is 0 Å². The fourth-order valence-electron chi connectivity index (χ4n) is 5.33. The minimum absolute atomic E-state index is 0.0233. The molecule has 2 aromatic carbocycles. The van der Waals surface area contributed by atoms with Gasteiger partial charge < -0.3 is 34.1 Å². The van der Waals surface area contributed by atoms with Crippen LogP contribution in [0.1, 0.15) is 38.7 Å². The lowest BCUT2D eigenvalue weighted by Gasteiger charge is -2.35. The predicted molar refractivity (Wildman–Crippen MR) is 172 cm³/mol. The standard InChI is InChI=1S/C31H45N3O11S2/c1-31(2,13-7-8-14-32-46(3,37)38)20-34(47(39,40)25-11-12-28-29(16-25)44-22-43-28)17-27(35)26(15-23-9-5-4-6-10-23)33-30(36)45-24-18-41-21-42-19-24/h4-6,9-12,16,24,26-27,32,35H,7-8,13-15,17-22H2,1-3H3,(H,33,36)/t26-,27+/m0/s1. The quantitative estimate of drug-likeness (QED) is 0.206. The van der Waals surface area contributed by atoms with Gasteiger partial charge in [0.15, 0.2) is 17.6 Å². The number of fused-ring (bicyclic) bond motifs is 1. The third-order valence-corrected chi connectivity index (χ3v) is 10.3. The number of unbranched alkanes of at least 4 members (excludes halogenated alkanes) is 1. The molecule has 0 aromatic heterocycles. The second-order valence-electron chi connectivity index (χ2n) is 12.5. The van der Waals surface area contributed by atoms with Gasteiger partial charge >= 0.3 is 6.09 Å². The maximum Gasteiger partial charge on any atom is 0.407 e. The fraction of sp³-hybridized carbons (Fsp3) is 0.581. The molecule has 2 aliphatic heterocycles. The largest absolute Gasteiger partial charge is 0.454 e. The molecule has 1 fully saturated rings. The van der Waals surface area contributed by atoms with Crippen molar-refractivity contribution in [1.82, 2.24) is 14.3 Å². The van der Waals surface area contributed by atoms with Crippen molar-refractivity contribution < 1.29 is 50.4 Å². The van der Waals surface area contributed by atoms with Gasteiger partial charge in [-0.3, -0.25) is 0 Å². The minimum atomic E-state index is -4.19. The number of sulfonamides is 2. The van der Waals surface area contributed by atoms with Crippen molar-refractivity contribution in [1.29, 1.82) is 0 Å². The Labute approximate surface area is 276 Å². The summed E-state index contributed by atoms with van der Waals surface area (Å²) in [5.74, 6) is 0.726. The number of carbonyl (C=O) groups excluding carboxylic acids is 1. The molecule has 0 spiro atoms. The topological polar surface area (TPSA) is 179 Å². The number of aliphatic hydroxyl groups is 1. The van der Waals surface area contributed by atoms with E-state index in [4.69, 9.17) is 23.7 Å². The van der Waals surface area contributed by atoms with E-state index in [0.717, 1.165) is 11.8 Å². The summed E-state index contributed by atoms with van der Waals surface area (Å²) in [6, 6.07) is 12.6. The van der Waals surface area contributed by atoms with E-state index in [0.29, 0.717) is 30.8 Å². The Morgan fingerprint density at radius 2 is 1.72 bits per heavy atom. The Hall–Kier alpha value is -2.99. The van der Waals surface area contributed by atoms with E-state index in [2.05, 4.69) is 10.0 Å². The van der Waals surface area contributed by atoms with Crippen LogP contribution >= 0.6 is 0 Å². The molecule has 1 saturated heterocycles.